The van der Waals surface area contributed by atoms with Crippen LogP contribution >= 0.6 is 0 Å². The number of pyridine rings is 1. The van der Waals surface area contributed by atoms with Crippen LogP contribution < -0.4 is 9.64 Å². The number of aliphatic imine (C=N–C) groups is 1. The molecule has 0 saturated carbocycles. The second-order valence-electron chi connectivity index (χ2n) is 9.08. The molecule has 1 unspecified atom stereocenters. The van der Waals surface area contributed by atoms with Crippen molar-refractivity contribution in [1.29, 1.82) is 0 Å². The molecule has 8 heteroatoms. The normalized spacial score (nSPS) is 15.3. The molecule has 0 aliphatic carbocycles. The molecular weight excluding hydrogens is 462 g/mol. The minimum Gasteiger partial charge on any atom is -0.495 e. The van der Waals surface area contributed by atoms with E-state index in [2.05, 4.69) is 80.9 Å². The highest BCUT2D eigenvalue weighted by molar-refractivity contribution is 6.02. The van der Waals surface area contributed by atoms with Crippen LogP contribution in [0.3, 0.4) is 0 Å². The summed E-state index contributed by atoms with van der Waals surface area (Å²) in [6, 6.07) is 20.7. The molecule has 0 fully saturated rings. The summed E-state index contributed by atoms with van der Waals surface area (Å²) in [7, 11) is 1.65. The van der Waals surface area contributed by atoms with Crippen molar-refractivity contribution in [3.63, 3.8) is 0 Å². The number of aromatic nitrogens is 5. The zero-order valence-electron chi connectivity index (χ0n) is 21.4. The van der Waals surface area contributed by atoms with E-state index in [9.17, 15) is 0 Å². The van der Waals surface area contributed by atoms with E-state index in [0.29, 0.717) is 5.82 Å². The van der Waals surface area contributed by atoms with E-state index in [1.54, 1.807) is 13.3 Å². The quantitative estimate of drug-likeness (QED) is 0.314. The first-order valence-corrected chi connectivity index (χ1v) is 12.6. The van der Waals surface area contributed by atoms with E-state index < -0.39 is 0 Å². The van der Waals surface area contributed by atoms with Gasteiger partial charge in [0.1, 0.15) is 17.7 Å². The third-order valence-electron chi connectivity index (χ3n) is 6.57. The minimum absolute atomic E-state index is 0.0134. The van der Waals surface area contributed by atoms with Gasteiger partial charge in [0.25, 0.3) is 0 Å². The number of hydrogen-bond acceptors (Lipinski definition) is 7. The second-order valence-corrected chi connectivity index (χ2v) is 9.08. The molecule has 1 aliphatic heterocycles. The Hall–Kier alpha value is -4.33. The lowest BCUT2D eigenvalue weighted by Crippen LogP contribution is -2.33. The number of anilines is 1. The minimum atomic E-state index is -0.0134. The maximum Gasteiger partial charge on any atom is 0.205 e. The lowest BCUT2D eigenvalue weighted by Gasteiger charge is -2.31. The van der Waals surface area contributed by atoms with Crippen molar-refractivity contribution in [1.82, 2.24) is 25.6 Å². The van der Waals surface area contributed by atoms with E-state index in [-0.39, 0.29) is 6.17 Å². The zero-order chi connectivity index (χ0) is 25.6. The number of ether oxygens (including phenoxy) is 1. The summed E-state index contributed by atoms with van der Waals surface area (Å²) in [4.78, 5) is 11.8. The van der Waals surface area contributed by atoms with Gasteiger partial charge in [0.2, 0.25) is 5.82 Å². The highest BCUT2D eigenvalue weighted by Crippen LogP contribution is 2.31. The van der Waals surface area contributed by atoms with Gasteiger partial charge in [-0.1, -0.05) is 61.9 Å². The molecule has 3 heterocycles. The van der Waals surface area contributed by atoms with Gasteiger partial charge < -0.3 is 9.64 Å². The van der Waals surface area contributed by atoms with Crippen LogP contribution in [0.4, 0.5) is 5.82 Å². The Kier molecular flexibility index (Phi) is 7.35. The van der Waals surface area contributed by atoms with E-state index >= 15 is 0 Å². The molecular formula is C29H31N7O. The van der Waals surface area contributed by atoms with Crippen LogP contribution in [-0.4, -0.2) is 44.6 Å². The second kappa shape index (κ2) is 11.2. The third kappa shape index (κ3) is 5.43. The van der Waals surface area contributed by atoms with Gasteiger partial charge >= 0.3 is 0 Å². The first-order valence-electron chi connectivity index (χ1n) is 12.6. The summed E-state index contributed by atoms with van der Waals surface area (Å²) in [5.41, 5.74) is 6.77. The Morgan fingerprint density at radius 3 is 2.49 bits per heavy atom. The van der Waals surface area contributed by atoms with E-state index in [4.69, 9.17) is 9.73 Å². The number of hydrogen-bond donors (Lipinski definition) is 1. The maximum atomic E-state index is 5.28. The van der Waals surface area contributed by atoms with Gasteiger partial charge in [0.05, 0.1) is 13.3 Å². The SMILES string of the molecule is CCCCC1=NC(C)N(c2ccc(OC)cn2)C=C1Cc1ccc(-c2ccccc2-c2nn[nH]n2)cc1. The lowest BCUT2D eigenvalue weighted by atomic mass is 9.94. The largest absolute Gasteiger partial charge is 0.495 e. The van der Waals surface area contributed by atoms with Crippen molar-refractivity contribution in [3.05, 3.63) is 84.2 Å². The molecule has 2 aromatic heterocycles. The Morgan fingerprint density at radius 1 is 1.00 bits per heavy atom. The number of rotatable bonds is 9. The zero-order valence-corrected chi connectivity index (χ0v) is 21.4. The fraction of sp³-hybridized carbons (Fsp3) is 0.276. The molecule has 1 aliphatic rings. The van der Waals surface area contributed by atoms with Crippen LogP contribution in [-0.2, 0) is 6.42 Å². The molecule has 5 rings (SSSR count). The molecule has 4 aromatic rings. The first kappa shape index (κ1) is 24.4. The number of tetrazole rings is 1. The predicted molar refractivity (Wildman–Crippen MR) is 147 cm³/mol. The maximum absolute atomic E-state index is 5.28. The number of nitrogens with zero attached hydrogens (tertiary/aromatic N) is 6. The molecule has 8 nitrogen and oxygen atoms in total. The number of unbranched alkanes of at least 4 members (excludes halogenated alkanes) is 1. The van der Waals surface area contributed by atoms with Crippen LogP contribution in [0.25, 0.3) is 22.5 Å². The van der Waals surface area contributed by atoms with Crippen molar-refractivity contribution in [2.75, 3.05) is 12.0 Å². The monoisotopic (exact) mass is 493 g/mol. The van der Waals surface area contributed by atoms with Crippen molar-refractivity contribution < 1.29 is 4.74 Å². The van der Waals surface area contributed by atoms with E-state index in [0.717, 1.165) is 53.9 Å². The van der Waals surface area contributed by atoms with Crippen LogP contribution in [0.1, 0.15) is 38.7 Å². The molecule has 2 aromatic carbocycles. The number of methoxy groups -OCH3 is 1. The number of aromatic amines is 1. The van der Waals surface area contributed by atoms with Crippen LogP contribution in [0.2, 0.25) is 0 Å². The summed E-state index contributed by atoms with van der Waals surface area (Å²) >= 11 is 0. The Morgan fingerprint density at radius 2 is 1.81 bits per heavy atom. The molecule has 0 saturated heterocycles. The van der Waals surface area contributed by atoms with Crippen LogP contribution in [0.15, 0.2) is 83.6 Å². The van der Waals surface area contributed by atoms with Crippen LogP contribution in [0.5, 0.6) is 5.75 Å². The average Bonchev–Trinajstić information content (AvgIpc) is 3.48. The van der Waals surface area contributed by atoms with Gasteiger partial charge in [-0.15, -0.1) is 10.2 Å². The van der Waals surface area contributed by atoms with Gasteiger partial charge in [-0.2, -0.15) is 5.21 Å². The van der Waals surface area contributed by atoms with Gasteiger partial charge in [0, 0.05) is 23.9 Å². The standard InChI is InChI=1S/C29H31N7O/c1-4-5-10-27-23(19-36(20(2)31-27)28-16-15-24(37-3)18-30-28)17-21-11-13-22(14-12-21)25-8-6-7-9-26(25)29-32-34-35-33-29/h6-9,11-16,18-20H,4-5,10,17H2,1-3H3,(H,32,33,34,35). The number of nitrogens with one attached hydrogen (secondary N) is 1. The van der Waals surface area contributed by atoms with E-state index in [1.807, 2.05) is 30.3 Å². The van der Waals surface area contributed by atoms with Crippen molar-refractivity contribution in [3.8, 4) is 28.3 Å². The molecule has 0 bridgehead atoms. The molecule has 1 atom stereocenters. The smallest absolute Gasteiger partial charge is 0.205 e. The molecule has 0 spiro atoms. The average molecular weight is 494 g/mol. The van der Waals surface area contributed by atoms with Gasteiger partial charge in [-0.25, -0.2) is 4.98 Å². The van der Waals surface area contributed by atoms with Gasteiger partial charge in [-0.3, -0.25) is 4.99 Å². The number of allylic oxidation sites excluding steroid dienone is 1. The van der Waals surface area contributed by atoms with E-state index in [1.165, 1.54) is 16.8 Å². The summed E-state index contributed by atoms with van der Waals surface area (Å²) in [6.45, 7) is 4.33. The summed E-state index contributed by atoms with van der Waals surface area (Å²) in [6.07, 6.45) is 7.99. The fourth-order valence-electron chi connectivity index (χ4n) is 4.57. The fourth-order valence-corrected chi connectivity index (χ4v) is 4.57. The Balaban J connectivity index is 1.41. The van der Waals surface area contributed by atoms with Crippen molar-refractivity contribution in [2.24, 2.45) is 4.99 Å². The summed E-state index contributed by atoms with van der Waals surface area (Å²) in [5, 5.41) is 14.6. The highest BCUT2D eigenvalue weighted by Gasteiger charge is 2.22. The van der Waals surface area contributed by atoms with Gasteiger partial charge in [-0.05, 0) is 59.4 Å². The Labute approximate surface area is 217 Å². The topological polar surface area (TPSA) is 92.2 Å². The lowest BCUT2D eigenvalue weighted by molar-refractivity contribution is 0.413. The van der Waals surface area contributed by atoms with Gasteiger partial charge in [0.15, 0.2) is 0 Å². The summed E-state index contributed by atoms with van der Waals surface area (Å²) in [5.74, 6) is 2.19. The van der Waals surface area contributed by atoms with Crippen molar-refractivity contribution in [2.45, 2.75) is 45.7 Å². The molecule has 37 heavy (non-hydrogen) atoms. The van der Waals surface area contributed by atoms with Crippen molar-refractivity contribution >= 4 is 11.5 Å². The third-order valence-corrected chi connectivity index (χ3v) is 6.57. The predicted octanol–water partition coefficient (Wildman–Crippen LogP) is 5.86. The number of benzene rings is 2. The molecule has 1 N–H and O–H groups in total. The summed E-state index contributed by atoms with van der Waals surface area (Å²) < 4.78 is 5.28. The molecule has 0 amide bonds. The number of H-pyrrole nitrogens is 1. The first-order chi connectivity index (χ1) is 18.2. The van der Waals surface area contributed by atoms with Crippen LogP contribution in [0, 0.1) is 0 Å². The molecule has 0 radical (unpaired) electrons. The Bertz CT molecular complexity index is 1380. The molecule has 188 valence electrons. The highest BCUT2D eigenvalue weighted by atomic mass is 16.5.